The maximum atomic E-state index is 11.0. The van der Waals surface area contributed by atoms with Crippen molar-refractivity contribution in [3.63, 3.8) is 0 Å². The van der Waals surface area contributed by atoms with E-state index in [4.69, 9.17) is 34.7 Å². The molecule has 0 radical (unpaired) electrons. The van der Waals surface area contributed by atoms with E-state index in [1.54, 1.807) is 61.6 Å². The van der Waals surface area contributed by atoms with Crippen molar-refractivity contribution >= 4 is 34.2 Å². The highest BCUT2D eigenvalue weighted by atomic mass is 16.5. The van der Waals surface area contributed by atoms with Gasteiger partial charge in [0, 0.05) is 42.1 Å². The molecule has 0 unspecified atom stereocenters. The number of nitrogens with one attached hydrogen (secondary N) is 4. The number of ether oxygens (including phenoxy) is 4. The van der Waals surface area contributed by atoms with Crippen LogP contribution in [0.5, 0.6) is 23.0 Å². The summed E-state index contributed by atoms with van der Waals surface area (Å²) in [6, 6.07) is 18.5. The van der Waals surface area contributed by atoms with Gasteiger partial charge in [0.2, 0.25) is 0 Å². The molecule has 0 saturated heterocycles. The molecule has 1 aliphatic carbocycles. The van der Waals surface area contributed by atoms with E-state index in [9.17, 15) is 10.2 Å². The second-order valence-corrected chi connectivity index (χ2v) is 13.3. The lowest BCUT2D eigenvalue weighted by Gasteiger charge is -2.20. The third kappa shape index (κ3) is 6.35. The molecular weight excluding hydrogens is 688 g/mol. The van der Waals surface area contributed by atoms with Crippen LogP contribution in [0.15, 0.2) is 78.4 Å². The minimum Gasteiger partial charge on any atom is -0.509 e. The van der Waals surface area contributed by atoms with Crippen LogP contribution in [-0.4, -0.2) is 76.2 Å². The number of nitrogens with zero attached hydrogens (tertiary/aromatic N) is 4. The van der Waals surface area contributed by atoms with Gasteiger partial charge in [0.05, 0.1) is 74.5 Å². The summed E-state index contributed by atoms with van der Waals surface area (Å²) in [5, 5.41) is 39.9. The fraction of sp³-hybridized carbons (Fsp3) is 0.250. The third-order valence-corrected chi connectivity index (χ3v) is 9.91. The predicted molar refractivity (Wildman–Crippen MR) is 205 cm³/mol. The number of anilines is 2. The van der Waals surface area contributed by atoms with Gasteiger partial charge in [-0.05, 0) is 42.9 Å². The zero-order valence-electron chi connectivity index (χ0n) is 30.1. The van der Waals surface area contributed by atoms with E-state index in [1.165, 1.54) is 0 Å². The monoisotopic (exact) mass is 728 g/mol. The van der Waals surface area contributed by atoms with Gasteiger partial charge in [-0.3, -0.25) is 10.8 Å². The molecule has 6 N–H and O–H groups in total. The molecule has 2 aromatic heterocycles. The summed E-state index contributed by atoms with van der Waals surface area (Å²) in [6.45, 7) is 0.464. The van der Waals surface area contributed by atoms with Crippen LogP contribution in [0.25, 0.3) is 22.4 Å². The number of methoxy groups -OCH3 is 3. The number of imidazole rings is 2. The Bertz CT molecular complexity index is 2310. The Morgan fingerprint density at radius 1 is 0.722 bits per heavy atom. The van der Waals surface area contributed by atoms with Gasteiger partial charge in [0.1, 0.15) is 64.4 Å². The van der Waals surface area contributed by atoms with Crippen LogP contribution in [0.2, 0.25) is 0 Å². The second-order valence-electron chi connectivity index (χ2n) is 13.3. The van der Waals surface area contributed by atoms with Crippen LogP contribution in [0.3, 0.4) is 0 Å². The van der Waals surface area contributed by atoms with Crippen LogP contribution in [-0.2, 0) is 19.4 Å². The lowest BCUT2D eigenvalue weighted by molar-refractivity contribution is 0.304. The van der Waals surface area contributed by atoms with Gasteiger partial charge in [0.25, 0.3) is 0 Å². The molecule has 3 aromatic carbocycles. The first-order valence-electron chi connectivity index (χ1n) is 17.6. The molecule has 0 fully saturated rings. The predicted octanol–water partition coefficient (Wildman–Crippen LogP) is 6.82. The minimum absolute atomic E-state index is 0.0217. The summed E-state index contributed by atoms with van der Waals surface area (Å²) in [5.41, 5.74) is 6.54. The van der Waals surface area contributed by atoms with Crippen molar-refractivity contribution in [2.45, 2.75) is 32.3 Å². The van der Waals surface area contributed by atoms with E-state index >= 15 is 0 Å². The molecule has 0 atom stereocenters. The number of amidine groups is 2. The van der Waals surface area contributed by atoms with Crippen molar-refractivity contribution in [1.29, 1.82) is 10.8 Å². The van der Waals surface area contributed by atoms with Crippen LogP contribution in [0.4, 0.5) is 11.4 Å². The van der Waals surface area contributed by atoms with Crippen molar-refractivity contribution in [3.8, 4) is 34.3 Å². The largest absolute Gasteiger partial charge is 0.509 e. The molecule has 0 saturated carbocycles. The molecular formula is C40H40N8O6. The molecule has 8 rings (SSSR count). The summed E-state index contributed by atoms with van der Waals surface area (Å²) < 4.78 is 22.7. The summed E-state index contributed by atoms with van der Waals surface area (Å²) in [7, 11) is 4.70. The average molecular weight is 729 g/mol. The van der Waals surface area contributed by atoms with Crippen LogP contribution < -0.4 is 28.7 Å². The van der Waals surface area contributed by atoms with E-state index in [0.717, 1.165) is 48.2 Å². The Morgan fingerprint density at radius 2 is 1.31 bits per heavy atom. The first kappa shape index (κ1) is 34.4. The third-order valence-electron chi connectivity index (χ3n) is 9.91. The summed E-state index contributed by atoms with van der Waals surface area (Å²) in [6.07, 6.45) is 5.68. The standard InChI is InChI=1S/C40H40N8O6/c1-51-26-12-24(13-27(16-26)52-2)47-19-33(49)35(37(47)41)39-43-18-32(46-39)23-8-6-7-22(11-23)21-54-29-15-25(14-28(17-29)53-3)48-20-34(50)36(38(48)42)40-44-30-9-4-5-10-31(30)45-40/h6-8,11-18,41-42,49-50H,4-5,9-10,19-21H2,1-3H3,(H,43,46)(H,44,45). The Labute approximate surface area is 311 Å². The fourth-order valence-corrected chi connectivity index (χ4v) is 7.12. The lowest BCUT2D eigenvalue weighted by atomic mass is 10.0. The Kier molecular flexibility index (Phi) is 8.93. The Hall–Kier alpha value is -6.70. The number of aliphatic hydroxyl groups is 2. The first-order valence-corrected chi connectivity index (χ1v) is 17.6. The maximum absolute atomic E-state index is 11.0. The SMILES string of the molecule is COc1cc(OC)cc(N2CC(O)=C(c3ncc(-c4cccc(COc5cc(OC)cc(N6CC(O)=C(c7nc8c([nH]7)CCCC8)C6=N)c5)c4)[nH]3)C2=N)c1. The van der Waals surface area contributed by atoms with E-state index in [0.29, 0.717) is 62.9 Å². The minimum atomic E-state index is 0.0217. The molecule has 0 bridgehead atoms. The average Bonchev–Trinajstić information content (AvgIpc) is 3.97. The van der Waals surface area contributed by atoms with Gasteiger partial charge >= 0.3 is 0 Å². The van der Waals surface area contributed by atoms with Gasteiger partial charge in [-0.15, -0.1) is 0 Å². The molecule has 276 valence electrons. The van der Waals surface area contributed by atoms with Gasteiger partial charge in [-0.25, -0.2) is 9.97 Å². The van der Waals surface area contributed by atoms with Gasteiger partial charge < -0.3 is 48.9 Å². The number of hydrogen-bond acceptors (Lipinski definition) is 10. The van der Waals surface area contributed by atoms with E-state index < -0.39 is 0 Å². The zero-order chi connectivity index (χ0) is 37.5. The number of fused-ring (bicyclic) bond motifs is 1. The van der Waals surface area contributed by atoms with Crippen LogP contribution in [0.1, 0.15) is 41.4 Å². The smallest absolute Gasteiger partial charge is 0.145 e. The highest BCUT2D eigenvalue weighted by Crippen LogP contribution is 2.37. The number of benzene rings is 3. The number of aromatic nitrogens is 4. The van der Waals surface area contributed by atoms with E-state index in [1.807, 2.05) is 36.4 Å². The molecule has 3 aliphatic rings. The number of aliphatic hydroxyl groups excluding tert-OH is 2. The molecule has 14 nitrogen and oxygen atoms in total. The zero-order valence-corrected chi connectivity index (χ0v) is 30.1. The van der Waals surface area contributed by atoms with Gasteiger partial charge in [-0.2, -0.15) is 0 Å². The number of hydrogen-bond donors (Lipinski definition) is 6. The Morgan fingerprint density at radius 3 is 1.94 bits per heavy atom. The number of aryl methyl sites for hydroxylation is 2. The quantitative estimate of drug-likeness (QED) is 0.0842. The highest BCUT2D eigenvalue weighted by molar-refractivity contribution is 6.31. The van der Waals surface area contributed by atoms with E-state index in [2.05, 4.69) is 15.0 Å². The molecule has 0 spiro atoms. The molecule has 2 aliphatic heterocycles. The number of aromatic amines is 2. The summed E-state index contributed by atoms with van der Waals surface area (Å²) >= 11 is 0. The van der Waals surface area contributed by atoms with E-state index in [-0.39, 0.29) is 42.9 Å². The van der Waals surface area contributed by atoms with Crippen molar-refractivity contribution in [1.82, 2.24) is 19.9 Å². The highest BCUT2D eigenvalue weighted by Gasteiger charge is 2.34. The normalized spacial score (nSPS) is 15.7. The summed E-state index contributed by atoms with van der Waals surface area (Å²) in [4.78, 5) is 19.3. The summed E-state index contributed by atoms with van der Waals surface area (Å²) in [5.74, 6) is 3.48. The number of H-pyrrole nitrogens is 2. The first-order chi connectivity index (χ1) is 26.2. The van der Waals surface area contributed by atoms with Crippen molar-refractivity contribution in [2.24, 2.45) is 0 Å². The molecule has 5 aromatic rings. The van der Waals surface area contributed by atoms with Crippen molar-refractivity contribution < 1.29 is 29.2 Å². The fourth-order valence-electron chi connectivity index (χ4n) is 7.12. The second kappa shape index (κ2) is 14.0. The van der Waals surface area contributed by atoms with Gasteiger partial charge in [0.15, 0.2) is 0 Å². The maximum Gasteiger partial charge on any atom is 0.145 e. The molecule has 0 amide bonds. The van der Waals surface area contributed by atoms with Crippen LogP contribution >= 0.6 is 0 Å². The Balaban J connectivity index is 0.968. The lowest BCUT2D eigenvalue weighted by Crippen LogP contribution is -2.26. The van der Waals surface area contributed by atoms with Crippen molar-refractivity contribution in [2.75, 3.05) is 44.2 Å². The molecule has 54 heavy (non-hydrogen) atoms. The van der Waals surface area contributed by atoms with Gasteiger partial charge in [-0.1, -0.05) is 18.2 Å². The van der Waals surface area contributed by atoms with Crippen LogP contribution in [0, 0.1) is 10.8 Å². The number of rotatable bonds is 11. The van der Waals surface area contributed by atoms with Crippen molar-refractivity contribution in [3.05, 3.63) is 107 Å². The topological polar surface area (TPSA) is 189 Å². The molecule has 4 heterocycles. The molecule has 14 heteroatoms.